The first-order valence-corrected chi connectivity index (χ1v) is 8.01. The first-order valence-electron chi connectivity index (χ1n) is 6.40. The van der Waals surface area contributed by atoms with Gasteiger partial charge in [-0.15, -0.1) is 11.3 Å². The van der Waals surface area contributed by atoms with Gasteiger partial charge >= 0.3 is 0 Å². The molecule has 0 saturated carbocycles. The zero-order valence-electron chi connectivity index (χ0n) is 11.3. The van der Waals surface area contributed by atoms with Crippen molar-refractivity contribution in [2.24, 2.45) is 11.3 Å². The molecule has 1 aromatic rings. The predicted molar refractivity (Wildman–Crippen MR) is 81.8 cm³/mol. The van der Waals surface area contributed by atoms with Gasteiger partial charge < -0.3 is 5.32 Å². The van der Waals surface area contributed by atoms with Crippen LogP contribution in [-0.2, 0) is 6.42 Å². The van der Waals surface area contributed by atoms with Gasteiger partial charge in [-0.05, 0) is 58.8 Å². The van der Waals surface area contributed by atoms with Crippen LogP contribution in [0.2, 0.25) is 0 Å². The lowest BCUT2D eigenvalue weighted by atomic mass is 9.83. The van der Waals surface area contributed by atoms with Crippen molar-refractivity contribution in [2.75, 3.05) is 13.1 Å². The van der Waals surface area contributed by atoms with E-state index in [0.29, 0.717) is 5.41 Å². The van der Waals surface area contributed by atoms with Crippen LogP contribution in [0.5, 0.6) is 0 Å². The van der Waals surface area contributed by atoms with E-state index >= 15 is 0 Å². The summed E-state index contributed by atoms with van der Waals surface area (Å²) in [5.74, 6) is 0.729. The smallest absolute Gasteiger partial charge is 0.0701 e. The Labute approximate surface area is 118 Å². The van der Waals surface area contributed by atoms with E-state index in [9.17, 15) is 0 Å². The molecule has 1 atom stereocenters. The van der Waals surface area contributed by atoms with Crippen molar-refractivity contribution < 1.29 is 0 Å². The molecule has 0 saturated heterocycles. The summed E-state index contributed by atoms with van der Waals surface area (Å²) in [5, 5.41) is 3.60. The van der Waals surface area contributed by atoms with E-state index in [0.717, 1.165) is 19.0 Å². The van der Waals surface area contributed by atoms with Crippen molar-refractivity contribution in [3.8, 4) is 0 Å². The second kappa shape index (κ2) is 6.91. The van der Waals surface area contributed by atoms with E-state index < -0.39 is 0 Å². The number of nitrogens with one attached hydrogen (secondary N) is 1. The van der Waals surface area contributed by atoms with Crippen LogP contribution >= 0.6 is 27.3 Å². The number of rotatable bonds is 7. The summed E-state index contributed by atoms with van der Waals surface area (Å²) >= 11 is 5.39. The summed E-state index contributed by atoms with van der Waals surface area (Å²) in [6, 6.07) is 4.39. The Balaban J connectivity index is 2.50. The molecule has 1 rings (SSSR count). The van der Waals surface area contributed by atoms with Gasteiger partial charge in [0.05, 0.1) is 3.79 Å². The van der Waals surface area contributed by atoms with Crippen LogP contribution in [0.4, 0.5) is 0 Å². The second-order valence-electron chi connectivity index (χ2n) is 5.57. The van der Waals surface area contributed by atoms with Gasteiger partial charge in [-0.25, -0.2) is 0 Å². The van der Waals surface area contributed by atoms with Gasteiger partial charge in [0.25, 0.3) is 0 Å². The van der Waals surface area contributed by atoms with Gasteiger partial charge in [0, 0.05) is 11.4 Å². The average molecular weight is 318 g/mol. The average Bonchev–Trinajstić information content (AvgIpc) is 2.63. The molecule has 17 heavy (non-hydrogen) atoms. The molecular formula is C14H24BrNS. The first-order chi connectivity index (χ1) is 7.95. The zero-order chi connectivity index (χ0) is 12.9. The molecule has 0 fully saturated rings. The van der Waals surface area contributed by atoms with Gasteiger partial charge in [0.15, 0.2) is 0 Å². The maximum atomic E-state index is 3.60. The van der Waals surface area contributed by atoms with Crippen LogP contribution in [0, 0.1) is 11.3 Å². The van der Waals surface area contributed by atoms with E-state index in [4.69, 9.17) is 0 Å². The summed E-state index contributed by atoms with van der Waals surface area (Å²) < 4.78 is 1.24. The summed E-state index contributed by atoms with van der Waals surface area (Å²) in [6.45, 7) is 11.4. The van der Waals surface area contributed by atoms with E-state index in [1.54, 1.807) is 0 Å². The molecule has 0 bridgehead atoms. The molecule has 0 aromatic carbocycles. The summed E-state index contributed by atoms with van der Waals surface area (Å²) in [5.41, 5.74) is 0.374. The fraction of sp³-hybridized carbons (Fsp3) is 0.714. The molecule has 0 aliphatic rings. The van der Waals surface area contributed by atoms with Crippen molar-refractivity contribution in [1.29, 1.82) is 0 Å². The Morgan fingerprint density at radius 3 is 2.59 bits per heavy atom. The maximum Gasteiger partial charge on any atom is 0.0701 e. The van der Waals surface area contributed by atoms with Gasteiger partial charge in [-0.1, -0.05) is 27.7 Å². The molecular weight excluding hydrogens is 294 g/mol. The van der Waals surface area contributed by atoms with Crippen LogP contribution in [-0.4, -0.2) is 13.1 Å². The predicted octanol–water partition coefficient (Wildman–Crippen LogP) is 4.72. The Kier molecular flexibility index (Phi) is 6.18. The monoisotopic (exact) mass is 317 g/mol. The highest BCUT2D eigenvalue weighted by Gasteiger charge is 2.23. The standard InChI is InChI=1S/C14H24BrNS/c1-5-14(4,10-16-9-11(2)3)8-12-6-7-13(15)17-12/h6-7,11,16H,5,8-10H2,1-4H3. The van der Waals surface area contributed by atoms with E-state index in [-0.39, 0.29) is 0 Å². The molecule has 1 unspecified atom stereocenters. The van der Waals surface area contributed by atoms with Crippen molar-refractivity contribution >= 4 is 27.3 Å². The van der Waals surface area contributed by atoms with E-state index in [1.165, 1.54) is 21.5 Å². The second-order valence-corrected chi connectivity index (χ2v) is 8.12. The number of halogens is 1. The zero-order valence-corrected chi connectivity index (χ0v) is 13.7. The Bertz CT molecular complexity index is 335. The number of hydrogen-bond acceptors (Lipinski definition) is 2. The van der Waals surface area contributed by atoms with Crippen LogP contribution in [0.3, 0.4) is 0 Å². The highest BCUT2D eigenvalue weighted by Crippen LogP contribution is 2.31. The summed E-state index contributed by atoms with van der Waals surface area (Å²) in [7, 11) is 0. The highest BCUT2D eigenvalue weighted by atomic mass is 79.9. The minimum absolute atomic E-state index is 0.374. The molecule has 3 heteroatoms. The molecule has 98 valence electrons. The Morgan fingerprint density at radius 2 is 2.12 bits per heavy atom. The van der Waals surface area contributed by atoms with Gasteiger partial charge in [0.1, 0.15) is 0 Å². The molecule has 0 amide bonds. The third-order valence-corrected chi connectivity index (χ3v) is 4.81. The van der Waals surface area contributed by atoms with Crippen molar-refractivity contribution in [3.05, 3.63) is 20.8 Å². The number of hydrogen-bond donors (Lipinski definition) is 1. The Morgan fingerprint density at radius 1 is 1.41 bits per heavy atom. The largest absolute Gasteiger partial charge is 0.316 e. The molecule has 0 spiro atoms. The fourth-order valence-corrected chi connectivity index (χ4v) is 3.54. The topological polar surface area (TPSA) is 12.0 Å². The third kappa shape index (κ3) is 5.54. The molecule has 0 aliphatic carbocycles. The molecule has 1 heterocycles. The van der Waals surface area contributed by atoms with Crippen LogP contribution < -0.4 is 5.32 Å². The molecule has 0 radical (unpaired) electrons. The lowest BCUT2D eigenvalue weighted by Gasteiger charge is -2.28. The minimum Gasteiger partial charge on any atom is -0.316 e. The quantitative estimate of drug-likeness (QED) is 0.767. The van der Waals surface area contributed by atoms with Crippen molar-refractivity contribution in [3.63, 3.8) is 0 Å². The molecule has 1 aromatic heterocycles. The summed E-state index contributed by atoms with van der Waals surface area (Å²) in [6.07, 6.45) is 2.39. The van der Waals surface area contributed by atoms with Crippen molar-refractivity contribution in [1.82, 2.24) is 5.32 Å². The maximum absolute atomic E-state index is 3.60. The lowest BCUT2D eigenvalue weighted by Crippen LogP contribution is -2.34. The fourth-order valence-electron chi connectivity index (χ4n) is 1.84. The van der Waals surface area contributed by atoms with Crippen LogP contribution in [0.25, 0.3) is 0 Å². The normalized spacial score (nSPS) is 15.2. The van der Waals surface area contributed by atoms with Crippen LogP contribution in [0.1, 0.15) is 39.0 Å². The van der Waals surface area contributed by atoms with Crippen molar-refractivity contribution in [2.45, 2.75) is 40.5 Å². The first kappa shape index (κ1) is 15.2. The molecule has 0 aliphatic heterocycles. The van der Waals surface area contributed by atoms with Gasteiger partial charge in [-0.3, -0.25) is 0 Å². The van der Waals surface area contributed by atoms with Gasteiger partial charge in [0.2, 0.25) is 0 Å². The van der Waals surface area contributed by atoms with E-state index in [1.807, 2.05) is 11.3 Å². The minimum atomic E-state index is 0.374. The van der Waals surface area contributed by atoms with Gasteiger partial charge in [-0.2, -0.15) is 0 Å². The van der Waals surface area contributed by atoms with E-state index in [2.05, 4.69) is 61.1 Å². The summed E-state index contributed by atoms with van der Waals surface area (Å²) in [4.78, 5) is 1.48. The number of thiophene rings is 1. The SMILES string of the molecule is CCC(C)(CNCC(C)C)Cc1ccc(Br)s1. The highest BCUT2D eigenvalue weighted by molar-refractivity contribution is 9.11. The lowest BCUT2D eigenvalue weighted by molar-refractivity contribution is 0.287. The van der Waals surface area contributed by atoms with Crippen LogP contribution in [0.15, 0.2) is 15.9 Å². The Hall–Kier alpha value is 0.140. The third-order valence-electron chi connectivity index (χ3n) is 3.19. The molecule has 1 N–H and O–H groups in total. The molecule has 1 nitrogen and oxygen atoms in total.